The predicted molar refractivity (Wildman–Crippen MR) is 105 cm³/mol. The molecule has 1 aromatic heterocycles. The zero-order chi connectivity index (χ0) is 18.2. The van der Waals surface area contributed by atoms with Gasteiger partial charge in [-0.1, -0.05) is 49.4 Å². The lowest BCUT2D eigenvalue weighted by Gasteiger charge is -2.07. The van der Waals surface area contributed by atoms with Gasteiger partial charge < -0.3 is 5.32 Å². The number of aryl methyl sites for hydroxylation is 1. The van der Waals surface area contributed by atoms with E-state index in [-0.39, 0.29) is 5.91 Å². The minimum absolute atomic E-state index is 0.0965. The van der Waals surface area contributed by atoms with Crippen LogP contribution in [0.2, 0.25) is 0 Å². The fourth-order valence-electron chi connectivity index (χ4n) is 2.51. The molecule has 0 fully saturated rings. The van der Waals surface area contributed by atoms with E-state index in [4.69, 9.17) is 0 Å². The van der Waals surface area contributed by atoms with Gasteiger partial charge in [-0.3, -0.25) is 9.89 Å². The Morgan fingerprint density at radius 2 is 1.81 bits per heavy atom. The first-order valence-electron chi connectivity index (χ1n) is 8.72. The Balaban J connectivity index is 1.54. The van der Waals surface area contributed by atoms with Gasteiger partial charge in [-0.2, -0.15) is 5.10 Å². The first-order chi connectivity index (χ1) is 12.7. The van der Waals surface area contributed by atoms with Crippen molar-refractivity contribution in [3.8, 4) is 0 Å². The van der Waals surface area contributed by atoms with Gasteiger partial charge >= 0.3 is 0 Å². The number of aromatic nitrogens is 3. The number of H-pyrrole nitrogens is 1. The summed E-state index contributed by atoms with van der Waals surface area (Å²) in [5, 5.41) is 10.4. The van der Waals surface area contributed by atoms with Gasteiger partial charge in [-0.15, -0.1) is 0 Å². The minimum atomic E-state index is -0.0965. The van der Waals surface area contributed by atoms with Crippen LogP contribution in [0.4, 0.5) is 5.69 Å². The topological polar surface area (TPSA) is 70.7 Å². The molecule has 1 amide bonds. The normalized spacial score (nSPS) is 10.7. The zero-order valence-corrected chi connectivity index (χ0v) is 15.6. The molecule has 26 heavy (non-hydrogen) atoms. The standard InChI is InChI=1S/C20H22N4OS/c1-2-3-4-15-7-11-18(12-8-15)23-19(25)17-9-5-16(6-10-17)13-26-20-21-14-22-24-20/h5-12,14H,2-4,13H2,1H3,(H,23,25)(H,21,22,24). The van der Waals surface area contributed by atoms with Crippen LogP contribution in [0.5, 0.6) is 0 Å². The first kappa shape index (κ1) is 18.2. The summed E-state index contributed by atoms with van der Waals surface area (Å²) in [6.07, 6.45) is 4.95. The molecular formula is C20H22N4OS. The highest BCUT2D eigenvalue weighted by Crippen LogP contribution is 2.19. The molecule has 2 aromatic carbocycles. The molecule has 5 nitrogen and oxygen atoms in total. The third-order valence-corrected chi connectivity index (χ3v) is 4.96. The van der Waals surface area contributed by atoms with Gasteiger partial charge in [0.15, 0.2) is 5.16 Å². The summed E-state index contributed by atoms with van der Waals surface area (Å²) in [7, 11) is 0. The zero-order valence-electron chi connectivity index (χ0n) is 14.7. The fraction of sp³-hybridized carbons (Fsp3) is 0.250. The number of anilines is 1. The van der Waals surface area contributed by atoms with Crippen LogP contribution in [0.25, 0.3) is 0 Å². The van der Waals surface area contributed by atoms with E-state index in [9.17, 15) is 4.79 Å². The Bertz CT molecular complexity index is 814. The monoisotopic (exact) mass is 366 g/mol. The van der Waals surface area contributed by atoms with E-state index in [1.165, 1.54) is 24.7 Å². The van der Waals surface area contributed by atoms with Crippen LogP contribution in [0.15, 0.2) is 60.0 Å². The van der Waals surface area contributed by atoms with Crippen LogP contribution in [0.3, 0.4) is 0 Å². The van der Waals surface area contributed by atoms with E-state index in [0.717, 1.165) is 28.6 Å². The Labute approximate surface area is 157 Å². The minimum Gasteiger partial charge on any atom is -0.322 e. The molecule has 0 bridgehead atoms. The number of benzene rings is 2. The number of hydrogen-bond donors (Lipinski definition) is 2. The largest absolute Gasteiger partial charge is 0.322 e. The van der Waals surface area contributed by atoms with Crippen LogP contribution < -0.4 is 5.32 Å². The third kappa shape index (κ3) is 5.20. The van der Waals surface area contributed by atoms with E-state index < -0.39 is 0 Å². The number of carbonyl (C=O) groups excluding carboxylic acids is 1. The van der Waals surface area contributed by atoms with Gasteiger partial charge in [0.2, 0.25) is 0 Å². The van der Waals surface area contributed by atoms with Crippen molar-refractivity contribution in [2.45, 2.75) is 37.1 Å². The van der Waals surface area contributed by atoms with Crippen molar-refractivity contribution in [1.29, 1.82) is 0 Å². The Kier molecular flexibility index (Phi) is 6.44. The van der Waals surface area contributed by atoms with Crippen molar-refractivity contribution >= 4 is 23.4 Å². The summed E-state index contributed by atoms with van der Waals surface area (Å²) >= 11 is 1.57. The molecule has 0 saturated heterocycles. The lowest BCUT2D eigenvalue weighted by atomic mass is 10.1. The van der Waals surface area contributed by atoms with Crippen LogP contribution >= 0.6 is 11.8 Å². The number of aromatic amines is 1. The van der Waals surface area contributed by atoms with Crippen LogP contribution in [0.1, 0.15) is 41.3 Å². The summed E-state index contributed by atoms with van der Waals surface area (Å²) in [6, 6.07) is 15.7. The maximum atomic E-state index is 12.4. The Hall–Kier alpha value is -2.60. The molecule has 3 rings (SSSR count). The van der Waals surface area contributed by atoms with Crippen molar-refractivity contribution < 1.29 is 4.79 Å². The smallest absolute Gasteiger partial charge is 0.255 e. The van der Waals surface area contributed by atoms with Crippen LogP contribution in [-0.2, 0) is 12.2 Å². The second kappa shape index (κ2) is 9.20. The van der Waals surface area contributed by atoms with E-state index in [1.54, 1.807) is 11.8 Å². The summed E-state index contributed by atoms with van der Waals surface area (Å²) in [5.41, 5.74) is 3.90. The molecule has 0 aliphatic carbocycles. The average molecular weight is 366 g/mol. The Morgan fingerprint density at radius 1 is 1.08 bits per heavy atom. The van der Waals surface area contributed by atoms with Gasteiger partial charge in [-0.05, 0) is 48.2 Å². The van der Waals surface area contributed by atoms with E-state index in [1.807, 2.05) is 36.4 Å². The maximum absolute atomic E-state index is 12.4. The number of hydrogen-bond acceptors (Lipinski definition) is 4. The quantitative estimate of drug-likeness (QED) is 0.567. The fourth-order valence-corrected chi connectivity index (χ4v) is 3.24. The maximum Gasteiger partial charge on any atom is 0.255 e. The van der Waals surface area contributed by atoms with Gasteiger partial charge in [0.05, 0.1) is 0 Å². The van der Waals surface area contributed by atoms with E-state index in [2.05, 4.69) is 39.6 Å². The first-order valence-corrected chi connectivity index (χ1v) is 9.70. The summed E-state index contributed by atoms with van der Waals surface area (Å²) in [6.45, 7) is 2.19. The highest BCUT2D eigenvalue weighted by atomic mass is 32.2. The number of rotatable bonds is 8. The highest BCUT2D eigenvalue weighted by molar-refractivity contribution is 7.98. The van der Waals surface area contributed by atoms with Gasteiger partial charge in [0.25, 0.3) is 5.91 Å². The van der Waals surface area contributed by atoms with Gasteiger partial charge in [-0.25, -0.2) is 4.98 Å². The van der Waals surface area contributed by atoms with Gasteiger partial charge in [0, 0.05) is 17.0 Å². The predicted octanol–water partition coefficient (Wildman–Crippen LogP) is 4.69. The second-order valence-electron chi connectivity index (χ2n) is 6.03. The number of amides is 1. The molecule has 2 N–H and O–H groups in total. The molecule has 6 heteroatoms. The molecule has 0 aliphatic heterocycles. The molecule has 0 atom stereocenters. The molecule has 0 spiro atoms. The van der Waals surface area contributed by atoms with Gasteiger partial charge in [0.1, 0.15) is 6.33 Å². The van der Waals surface area contributed by atoms with Crippen molar-refractivity contribution in [3.05, 3.63) is 71.5 Å². The SMILES string of the molecule is CCCCc1ccc(NC(=O)c2ccc(CSc3ncn[nH]3)cc2)cc1. The van der Waals surface area contributed by atoms with E-state index >= 15 is 0 Å². The number of nitrogens with one attached hydrogen (secondary N) is 2. The van der Waals surface area contributed by atoms with Crippen LogP contribution in [-0.4, -0.2) is 21.1 Å². The highest BCUT2D eigenvalue weighted by Gasteiger charge is 2.07. The molecular weight excluding hydrogens is 344 g/mol. The second-order valence-corrected chi connectivity index (χ2v) is 6.99. The summed E-state index contributed by atoms with van der Waals surface area (Å²) in [4.78, 5) is 16.5. The molecule has 0 unspecified atom stereocenters. The molecule has 3 aromatic rings. The third-order valence-electron chi connectivity index (χ3n) is 4.02. The number of thioether (sulfide) groups is 1. The molecule has 0 aliphatic rings. The summed E-state index contributed by atoms with van der Waals surface area (Å²) in [5.74, 6) is 0.678. The average Bonchev–Trinajstić information content (AvgIpc) is 3.20. The van der Waals surface area contributed by atoms with Crippen molar-refractivity contribution in [2.24, 2.45) is 0 Å². The molecule has 1 heterocycles. The van der Waals surface area contributed by atoms with Crippen molar-refractivity contribution in [3.63, 3.8) is 0 Å². The van der Waals surface area contributed by atoms with E-state index in [0.29, 0.717) is 5.56 Å². The molecule has 0 saturated carbocycles. The molecule has 0 radical (unpaired) electrons. The Morgan fingerprint density at radius 3 is 2.46 bits per heavy atom. The number of carbonyl (C=O) groups is 1. The van der Waals surface area contributed by atoms with Crippen molar-refractivity contribution in [2.75, 3.05) is 5.32 Å². The number of unbranched alkanes of at least 4 members (excludes halogenated alkanes) is 1. The lowest BCUT2D eigenvalue weighted by molar-refractivity contribution is 0.102. The summed E-state index contributed by atoms with van der Waals surface area (Å²) < 4.78 is 0. The van der Waals surface area contributed by atoms with Crippen molar-refractivity contribution in [1.82, 2.24) is 15.2 Å². The number of nitrogens with zero attached hydrogens (tertiary/aromatic N) is 2. The van der Waals surface area contributed by atoms with Crippen LogP contribution in [0, 0.1) is 0 Å². The lowest BCUT2D eigenvalue weighted by Crippen LogP contribution is -2.11. The molecule has 134 valence electrons.